The molecule has 3 nitrogen and oxygen atoms in total. The van der Waals surface area contributed by atoms with Gasteiger partial charge < -0.3 is 4.42 Å². The van der Waals surface area contributed by atoms with E-state index >= 15 is 0 Å². The second-order valence-corrected chi connectivity index (χ2v) is 6.40. The summed E-state index contributed by atoms with van der Waals surface area (Å²) in [5.41, 5.74) is 5.25. The SMILES string of the molecule is [C-]#[N+]c1cccc(-c2nc3c(o2)CCC(c2cccc(C)c2)C3)c1. The van der Waals surface area contributed by atoms with Crippen LogP contribution in [0.4, 0.5) is 5.69 Å². The quantitative estimate of drug-likeness (QED) is 0.587. The third-order valence-electron chi connectivity index (χ3n) is 4.67. The molecule has 0 spiro atoms. The first-order valence-electron chi connectivity index (χ1n) is 8.26. The molecule has 0 bridgehead atoms. The van der Waals surface area contributed by atoms with Gasteiger partial charge in [0.1, 0.15) is 5.76 Å². The lowest BCUT2D eigenvalue weighted by Crippen LogP contribution is -2.12. The first-order chi connectivity index (χ1) is 11.7. The molecule has 3 aromatic rings. The zero-order chi connectivity index (χ0) is 16.5. The zero-order valence-electron chi connectivity index (χ0n) is 13.6. The maximum Gasteiger partial charge on any atom is 0.225 e. The molecule has 1 aliphatic rings. The molecule has 24 heavy (non-hydrogen) atoms. The second-order valence-electron chi connectivity index (χ2n) is 6.40. The first kappa shape index (κ1) is 14.7. The Morgan fingerprint density at radius 1 is 1.17 bits per heavy atom. The number of benzene rings is 2. The van der Waals surface area contributed by atoms with Crippen LogP contribution in [0.5, 0.6) is 0 Å². The minimum Gasteiger partial charge on any atom is -0.441 e. The maximum absolute atomic E-state index is 7.15. The molecule has 2 aromatic carbocycles. The number of nitrogens with zero attached hydrogens (tertiary/aromatic N) is 2. The van der Waals surface area contributed by atoms with Crippen molar-refractivity contribution in [3.8, 4) is 11.5 Å². The van der Waals surface area contributed by atoms with Crippen molar-refractivity contribution in [3.05, 3.63) is 82.5 Å². The second kappa shape index (κ2) is 5.98. The van der Waals surface area contributed by atoms with Crippen molar-refractivity contribution in [1.82, 2.24) is 4.98 Å². The molecule has 0 saturated carbocycles. The lowest BCUT2D eigenvalue weighted by atomic mass is 9.84. The summed E-state index contributed by atoms with van der Waals surface area (Å²) in [6.07, 6.45) is 2.93. The predicted molar refractivity (Wildman–Crippen MR) is 94.1 cm³/mol. The van der Waals surface area contributed by atoms with E-state index in [1.165, 1.54) is 11.1 Å². The highest BCUT2D eigenvalue weighted by Gasteiger charge is 2.25. The Morgan fingerprint density at radius 2 is 2.04 bits per heavy atom. The number of rotatable bonds is 2. The Balaban J connectivity index is 1.63. The topological polar surface area (TPSA) is 30.4 Å². The van der Waals surface area contributed by atoms with Crippen LogP contribution < -0.4 is 0 Å². The minimum absolute atomic E-state index is 0.505. The van der Waals surface area contributed by atoms with Crippen LogP contribution in [0.2, 0.25) is 0 Å². The van der Waals surface area contributed by atoms with E-state index in [2.05, 4.69) is 36.0 Å². The van der Waals surface area contributed by atoms with Crippen LogP contribution in [-0.2, 0) is 12.8 Å². The summed E-state index contributed by atoms with van der Waals surface area (Å²) < 4.78 is 5.99. The Morgan fingerprint density at radius 3 is 2.88 bits per heavy atom. The van der Waals surface area contributed by atoms with Gasteiger partial charge in [0.25, 0.3) is 0 Å². The van der Waals surface area contributed by atoms with E-state index < -0.39 is 0 Å². The predicted octanol–water partition coefficient (Wildman–Crippen LogP) is 5.47. The Labute approximate surface area is 141 Å². The summed E-state index contributed by atoms with van der Waals surface area (Å²) in [5, 5.41) is 0. The molecule has 1 aliphatic carbocycles. The van der Waals surface area contributed by atoms with E-state index in [4.69, 9.17) is 16.0 Å². The molecule has 1 unspecified atom stereocenters. The number of aromatic nitrogens is 1. The maximum atomic E-state index is 7.15. The number of hydrogen-bond acceptors (Lipinski definition) is 2. The molecule has 3 heteroatoms. The number of fused-ring (bicyclic) bond motifs is 1. The van der Waals surface area contributed by atoms with Gasteiger partial charge in [0.2, 0.25) is 5.89 Å². The van der Waals surface area contributed by atoms with Gasteiger partial charge in [-0.05, 0) is 30.9 Å². The van der Waals surface area contributed by atoms with Crippen molar-refractivity contribution in [3.63, 3.8) is 0 Å². The van der Waals surface area contributed by atoms with E-state index in [1.807, 2.05) is 18.2 Å². The van der Waals surface area contributed by atoms with Gasteiger partial charge in [-0.3, -0.25) is 0 Å². The van der Waals surface area contributed by atoms with Crippen molar-refractivity contribution >= 4 is 5.69 Å². The summed E-state index contributed by atoms with van der Waals surface area (Å²) in [7, 11) is 0. The third kappa shape index (κ3) is 2.72. The molecule has 0 saturated heterocycles. The van der Waals surface area contributed by atoms with Gasteiger partial charge >= 0.3 is 0 Å². The van der Waals surface area contributed by atoms with Crippen LogP contribution in [0.15, 0.2) is 52.9 Å². The average molecular weight is 314 g/mol. The smallest absolute Gasteiger partial charge is 0.225 e. The van der Waals surface area contributed by atoms with Crippen LogP contribution in [0.25, 0.3) is 16.3 Å². The van der Waals surface area contributed by atoms with Gasteiger partial charge in [0.15, 0.2) is 5.69 Å². The fourth-order valence-electron chi connectivity index (χ4n) is 3.42. The van der Waals surface area contributed by atoms with Crippen molar-refractivity contribution < 1.29 is 4.42 Å². The van der Waals surface area contributed by atoms with E-state index in [9.17, 15) is 0 Å². The van der Waals surface area contributed by atoms with E-state index in [0.717, 1.165) is 36.3 Å². The van der Waals surface area contributed by atoms with E-state index in [1.54, 1.807) is 6.07 Å². The molecular formula is C21H18N2O. The number of hydrogen-bond donors (Lipinski definition) is 0. The van der Waals surface area contributed by atoms with E-state index in [0.29, 0.717) is 17.5 Å². The van der Waals surface area contributed by atoms with Crippen LogP contribution in [0.3, 0.4) is 0 Å². The van der Waals surface area contributed by atoms with Crippen molar-refractivity contribution in [2.75, 3.05) is 0 Å². The van der Waals surface area contributed by atoms with E-state index in [-0.39, 0.29) is 0 Å². The lowest BCUT2D eigenvalue weighted by Gasteiger charge is -2.20. The molecule has 1 heterocycles. The highest BCUT2D eigenvalue weighted by molar-refractivity contribution is 5.62. The minimum atomic E-state index is 0.505. The highest BCUT2D eigenvalue weighted by atomic mass is 16.4. The number of oxazole rings is 1. The Bertz CT molecular complexity index is 933. The molecule has 0 aliphatic heterocycles. The van der Waals surface area contributed by atoms with Crippen molar-refractivity contribution in [2.45, 2.75) is 32.1 Å². The van der Waals surface area contributed by atoms with Crippen LogP contribution in [-0.4, -0.2) is 4.98 Å². The molecule has 0 N–H and O–H groups in total. The molecule has 1 aromatic heterocycles. The summed E-state index contributed by atoms with van der Waals surface area (Å²) in [6.45, 7) is 9.28. The van der Waals surface area contributed by atoms with Gasteiger partial charge in [-0.1, -0.05) is 48.0 Å². The van der Waals surface area contributed by atoms with Crippen LogP contribution in [0.1, 0.15) is 34.9 Å². The zero-order valence-corrected chi connectivity index (χ0v) is 13.6. The standard InChI is InChI=1S/C21H18N2O/c1-14-5-3-6-15(11-14)16-9-10-20-19(13-16)23-21(24-20)17-7-4-8-18(12-17)22-2/h3-8,11-12,16H,9-10,13H2,1H3. The molecule has 0 fully saturated rings. The van der Waals surface area contributed by atoms with Gasteiger partial charge in [-0.15, -0.1) is 0 Å². The molecular weight excluding hydrogens is 296 g/mol. The summed E-state index contributed by atoms with van der Waals surface area (Å²) in [4.78, 5) is 8.20. The summed E-state index contributed by atoms with van der Waals surface area (Å²) in [5.74, 6) is 2.14. The fourth-order valence-corrected chi connectivity index (χ4v) is 3.42. The summed E-state index contributed by atoms with van der Waals surface area (Å²) in [6, 6.07) is 16.2. The third-order valence-corrected chi connectivity index (χ3v) is 4.67. The van der Waals surface area contributed by atoms with Crippen LogP contribution in [0, 0.1) is 13.5 Å². The highest BCUT2D eigenvalue weighted by Crippen LogP contribution is 2.35. The first-order valence-corrected chi connectivity index (χ1v) is 8.26. The Hall–Kier alpha value is -2.86. The van der Waals surface area contributed by atoms with Crippen molar-refractivity contribution in [1.29, 1.82) is 0 Å². The average Bonchev–Trinajstić information content (AvgIpc) is 3.05. The lowest BCUT2D eigenvalue weighted by molar-refractivity contribution is 0.465. The molecule has 0 radical (unpaired) electrons. The molecule has 1 atom stereocenters. The monoisotopic (exact) mass is 314 g/mol. The largest absolute Gasteiger partial charge is 0.441 e. The molecule has 4 rings (SSSR count). The molecule has 0 amide bonds. The molecule has 118 valence electrons. The van der Waals surface area contributed by atoms with Crippen LogP contribution >= 0.6 is 0 Å². The van der Waals surface area contributed by atoms with Gasteiger partial charge in [-0.25, -0.2) is 9.83 Å². The summed E-state index contributed by atoms with van der Waals surface area (Å²) >= 11 is 0. The van der Waals surface area contributed by atoms with Gasteiger partial charge in [0, 0.05) is 18.4 Å². The Kier molecular flexibility index (Phi) is 3.66. The van der Waals surface area contributed by atoms with Gasteiger partial charge in [-0.2, -0.15) is 0 Å². The fraction of sp³-hybridized carbons (Fsp3) is 0.238. The van der Waals surface area contributed by atoms with Crippen molar-refractivity contribution in [2.24, 2.45) is 0 Å². The van der Waals surface area contributed by atoms with Gasteiger partial charge in [0.05, 0.1) is 12.3 Å². The number of aryl methyl sites for hydroxylation is 2. The normalized spacial score (nSPS) is 16.4.